The Morgan fingerprint density at radius 3 is 1.29 bits per heavy atom. The van der Waals surface area contributed by atoms with Crippen LogP contribution in [0.15, 0.2) is 35.0 Å². The number of aromatic nitrogens is 2. The molecule has 0 spiro atoms. The monoisotopic (exact) mass is 604 g/mol. The van der Waals surface area contributed by atoms with Gasteiger partial charge in [-0.1, -0.05) is 0 Å². The van der Waals surface area contributed by atoms with E-state index < -0.39 is 35.6 Å². The molecule has 0 bridgehead atoms. The Kier molecular flexibility index (Phi) is 6.86. The topological polar surface area (TPSA) is 153 Å². The number of rotatable bonds is 8. The fourth-order valence-corrected chi connectivity index (χ4v) is 6.54. The Hall–Kier alpha value is -4.82. The highest BCUT2D eigenvalue weighted by atomic mass is 32.1. The summed E-state index contributed by atoms with van der Waals surface area (Å²) in [5.74, 6) is -3.63. The lowest BCUT2D eigenvalue weighted by Gasteiger charge is -2.30. The molecule has 0 saturated heterocycles. The minimum Gasteiger partial charge on any atom is -0.466 e. The van der Waals surface area contributed by atoms with Gasteiger partial charge in [-0.25, -0.2) is 19.8 Å². The van der Waals surface area contributed by atoms with Gasteiger partial charge in [0.15, 0.2) is 10.3 Å². The van der Waals surface area contributed by atoms with Crippen molar-refractivity contribution in [2.75, 3.05) is 23.0 Å². The number of thiazole rings is 2. The van der Waals surface area contributed by atoms with Gasteiger partial charge in [-0.3, -0.25) is 28.8 Å². The Bertz CT molecular complexity index is 1660. The highest BCUT2D eigenvalue weighted by Crippen LogP contribution is 2.40. The Morgan fingerprint density at radius 2 is 0.976 bits per heavy atom. The van der Waals surface area contributed by atoms with Crippen LogP contribution in [0.2, 0.25) is 0 Å². The lowest BCUT2D eigenvalue weighted by Crippen LogP contribution is -2.43. The number of carbonyl (C=O) groups excluding carboxylic acids is 6. The molecule has 4 aromatic rings. The van der Waals surface area contributed by atoms with E-state index in [0.717, 1.165) is 32.5 Å². The van der Waals surface area contributed by atoms with E-state index in [9.17, 15) is 28.8 Å². The van der Waals surface area contributed by atoms with E-state index in [1.165, 1.54) is 24.3 Å². The number of esters is 2. The van der Waals surface area contributed by atoms with Crippen molar-refractivity contribution in [3.05, 3.63) is 68.7 Å². The van der Waals surface area contributed by atoms with Crippen molar-refractivity contribution in [2.24, 2.45) is 0 Å². The molecule has 2 aromatic heterocycles. The molecule has 14 heteroatoms. The van der Waals surface area contributed by atoms with Crippen LogP contribution in [0.25, 0.3) is 10.8 Å². The Morgan fingerprint density at radius 1 is 0.643 bits per heavy atom. The van der Waals surface area contributed by atoms with Crippen LogP contribution in [-0.4, -0.2) is 58.7 Å². The number of imide groups is 2. The molecule has 0 unspecified atom stereocenters. The molecule has 2 aromatic carbocycles. The zero-order valence-corrected chi connectivity index (χ0v) is 23.8. The van der Waals surface area contributed by atoms with Crippen LogP contribution in [0.5, 0.6) is 0 Å². The zero-order chi connectivity index (χ0) is 29.7. The summed E-state index contributed by atoms with van der Waals surface area (Å²) in [4.78, 5) is 88.7. The van der Waals surface area contributed by atoms with Gasteiger partial charge in [0, 0.05) is 43.8 Å². The van der Waals surface area contributed by atoms with Crippen LogP contribution in [-0.2, 0) is 31.9 Å². The van der Waals surface area contributed by atoms with Gasteiger partial charge < -0.3 is 9.47 Å². The first-order valence-electron chi connectivity index (χ1n) is 12.8. The highest BCUT2D eigenvalue weighted by molar-refractivity contribution is 7.14. The van der Waals surface area contributed by atoms with Crippen molar-refractivity contribution in [3.8, 4) is 0 Å². The molecule has 2 aliphatic heterocycles. The van der Waals surface area contributed by atoms with E-state index in [1.807, 2.05) is 0 Å². The third kappa shape index (κ3) is 4.35. The SMILES string of the molecule is CCOC(=O)Cc1csc(N2C(=O)c3ccc4c5c(ccc(c35)C2=O)C(=O)N(c2nc(CC(=O)OCC)cs2)C4=O)n1. The fraction of sp³-hybridized carbons (Fsp3) is 0.214. The molecule has 4 amide bonds. The van der Waals surface area contributed by atoms with Crippen LogP contribution < -0.4 is 9.80 Å². The van der Waals surface area contributed by atoms with Gasteiger partial charge in [0.05, 0.1) is 37.4 Å². The van der Waals surface area contributed by atoms with E-state index in [4.69, 9.17) is 9.47 Å². The van der Waals surface area contributed by atoms with Crippen LogP contribution in [0.3, 0.4) is 0 Å². The molecule has 212 valence electrons. The number of nitrogens with zero attached hydrogens (tertiary/aromatic N) is 4. The first-order valence-corrected chi connectivity index (χ1v) is 14.6. The van der Waals surface area contributed by atoms with E-state index >= 15 is 0 Å². The second-order valence-corrected chi connectivity index (χ2v) is 10.8. The van der Waals surface area contributed by atoms with Gasteiger partial charge in [-0.15, -0.1) is 22.7 Å². The smallest absolute Gasteiger partial charge is 0.311 e. The van der Waals surface area contributed by atoms with Gasteiger partial charge in [-0.05, 0) is 38.1 Å². The largest absolute Gasteiger partial charge is 0.466 e. The summed E-state index contributed by atoms with van der Waals surface area (Å²) in [6.07, 6.45) is -0.215. The summed E-state index contributed by atoms with van der Waals surface area (Å²) in [6, 6.07) is 5.78. The maximum Gasteiger partial charge on any atom is 0.311 e. The molecule has 42 heavy (non-hydrogen) atoms. The molecular weight excluding hydrogens is 584 g/mol. The fourth-order valence-electron chi connectivity index (χ4n) is 4.90. The minimum atomic E-state index is -0.668. The lowest BCUT2D eigenvalue weighted by atomic mass is 9.86. The molecule has 0 atom stereocenters. The second-order valence-electron chi connectivity index (χ2n) is 9.17. The third-order valence-corrected chi connectivity index (χ3v) is 8.37. The lowest BCUT2D eigenvalue weighted by molar-refractivity contribution is -0.143. The van der Waals surface area contributed by atoms with Gasteiger partial charge in [0.25, 0.3) is 23.6 Å². The number of hydrogen-bond acceptors (Lipinski definition) is 12. The predicted molar refractivity (Wildman–Crippen MR) is 151 cm³/mol. The summed E-state index contributed by atoms with van der Waals surface area (Å²) in [7, 11) is 0. The first kappa shape index (κ1) is 27.4. The summed E-state index contributed by atoms with van der Waals surface area (Å²) in [5.41, 5.74) is 1.24. The number of anilines is 2. The Balaban J connectivity index is 1.36. The van der Waals surface area contributed by atoms with Crippen LogP contribution >= 0.6 is 22.7 Å². The summed E-state index contributed by atoms with van der Waals surface area (Å²) < 4.78 is 9.89. The standard InChI is InChI=1S/C28H20N4O8S2/c1-3-39-19(33)9-13-11-41-27(29-13)31-23(35)15-5-7-17-22-18(8-6-16(21(15)22)24(31)36)26(38)32(25(17)37)28-30-14(12-42-28)10-20(34)40-4-2/h5-8,11-12H,3-4,9-10H2,1-2H3. The molecule has 12 nitrogen and oxygen atoms in total. The van der Waals surface area contributed by atoms with E-state index in [1.54, 1.807) is 24.6 Å². The molecule has 0 aliphatic carbocycles. The third-order valence-electron chi connectivity index (χ3n) is 6.62. The zero-order valence-electron chi connectivity index (χ0n) is 22.2. The van der Waals surface area contributed by atoms with E-state index in [0.29, 0.717) is 11.4 Å². The molecule has 2 aliphatic rings. The van der Waals surface area contributed by atoms with Crippen molar-refractivity contribution in [2.45, 2.75) is 26.7 Å². The molecule has 6 rings (SSSR count). The molecule has 4 heterocycles. The summed E-state index contributed by atoms with van der Waals surface area (Å²) in [6.45, 7) is 3.80. The average Bonchev–Trinajstić information content (AvgIpc) is 3.60. The first-order chi connectivity index (χ1) is 20.2. The maximum atomic E-state index is 13.6. The highest BCUT2D eigenvalue weighted by Gasteiger charge is 2.42. The average molecular weight is 605 g/mol. The van der Waals surface area contributed by atoms with Crippen LogP contribution in [0.1, 0.15) is 66.7 Å². The molecule has 0 radical (unpaired) electrons. The number of hydrogen-bond donors (Lipinski definition) is 0. The maximum absolute atomic E-state index is 13.6. The van der Waals surface area contributed by atoms with Gasteiger partial charge in [0.2, 0.25) is 0 Å². The van der Waals surface area contributed by atoms with Gasteiger partial charge >= 0.3 is 11.9 Å². The minimum absolute atomic E-state index is 0.0871. The number of carbonyl (C=O) groups is 6. The molecular formula is C28H20N4O8S2. The van der Waals surface area contributed by atoms with Crippen molar-refractivity contribution in [3.63, 3.8) is 0 Å². The van der Waals surface area contributed by atoms with Crippen molar-refractivity contribution >= 4 is 79.3 Å². The normalized spacial score (nSPS) is 14.1. The van der Waals surface area contributed by atoms with E-state index in [-0.39, 0.29) is 69.3 Å². The Labute approximate surface area is 245 Å². The van der Waals surface area contributed by atoms with Crippen molar-refractivity contribution in [1.29, 1.82) is 0 Å². The number of amides is 4. The van der Waals surface area contributed by atoms with E-state index in [2.05, 4.69) is 9.97 Å². The molecule has 0 N–H and O–H groups in total. The van der Waals surface area contributed by atoms with Crippen molar-refractivity contribution in [1.82, 2.24) is 9.97 Å². The molecule has 0 fully saturated rings. The number of benzene rings is 2. The quantitative estimate of drug-likeness (QED) is 0.215. The van der Waals surface area contributed by atoms with Crippen LogP contribution in [0.4, 0.5) is 10.3 Å². The second kappa shape index (κ2) is 10.5. The van der Waals surface area contributed by atoms with Gasteiger partial charge in [0.1, 0.15) is 0 Å². The summed E-state index contributed by atoms with van der Waals surface area (Å²) in [5, 5.41) is 3.75. The predicted octanol–water partition coefficient (Wildman–Crippen LogP) is 3.57. The van der Waals surface area contributed by atoms with Gasteiger partial charge in [-0.2, -0.15) is 0 Å². The summed E-state index contributed by atoms with van der Waals surface area (Å²) >= 11 is 2.06. The van der Waals surface area contributed by atoms with Crippen molar-refractivity contribution < 1.29 is 38.2 Å². The number of ether oxygens (including phenoxy) is 2. The van der Waals surface area contributed by atoms with Crippen LogP contribution in [0, 0.1) is 0 Å². The molecule has 0 saturated carbocycles.